The molecule has 0 saturated carbocycles. The number of Topliss-reactive ketones (excluding diaryl/α,β-unsaturated/α-hetero) is 3. The maximum atomic E-state index is 13.8. The first-order chi connectivity index (χ1) is 46.0. The minimum absolute atomic E-state index is 0.0135. The molecule has 520 valence electrons. The molecule has 1 unspecified atom stereocenters. The highest BCUT2D eigenvalue weighted by Crippen LogP contribution is 2.27. The van der Waals surface area contributed by atoms with Gasteiger partial charge in [-0.25, -0.2) is 23.2 Å². The van der Waals surface area contributed by atoms with Crippen LogP contribution < -0.4 is 31.7 Å². The van der Waals surface area contributed by atoms with E-state index in [4.69, 9.17) is 39.9 Å². The Morgan fingerprint density at radius 1 is 0.719 bits per heavy atom. The summed E-state index contributed by atoms with van der Waals surface area (Å²) in [5, 5.41) is 5.28. The molecule has 4 heterocycles. The van der Waals surface area contributed by atoms with E-state index in [1.54, 1.807) is 74.8 Å². The molecule has 6 N–H and O–H groups in total. The number of nitrogens with one attached hydrogen (secondary N) is 2. The van der Waals surface area contributed by atoms with Crippen LogP contribution in [0.25, 0.3) is 11.3 Å². The van der Waals surface area contributed by atoms with Crippen LogP contribution in [0.3, 0.4) is 0 Å². The molecule has 0 aliphatic carbocycles. The number of hydrogen-bond donors (Lipinski definition) is 4. The topological polar surface area (TPSA) is 381 Å². The number of carbonyl (C=O) groups excluding carboxylic acids is 10. The number of ether oxygens (including phenoxy) is 6. The molecule has 2 aliphatic heterocycles. The second-order valence-corrected chi connectivity index (χ2v) is 26.0. The lowest BCUT2D eigenvalue weighted by atomic mass is 9.90. The first-order valence-electron chi connectivity index (χ1n) is 32.5. The van der Waals surface area contributed by atoms with Crippen LogP contribution in [0, 0.1) is 11.8 Å². The summed E-state index contributed by atoms with van der Waals surface area (Å²) >= 11 is 0. The number of imide groups is 1. The Labute approximate surface area is 559 Å². The van der Waals surface area contributed by atoms with E-state index in [2.05, 4.69) is 30.5 Å². The number of aromatic nitrogens is 3. The van der Waals surface area contributed by atoms with Crippen LogP contribution in [0.2, 0.25) is 0 Å². The van der Waals surface area contributed by atoms with Crippen LogP contribution >= 0.6 is 0 Å². The fraction of sp³-hybridized carbons (Fsp3) is 0.515. The molecule has 5 amide bonds. The highest BCUT2D eigenvalue weighted by atomic mass is 32.2. The monoisotopic (exact) mass is 1350 g/mol. The van der Waals surface area contributed by atoms with Crippen molar-refractivity contribution in [1.29, 1.82) is 0 Å². The second kappa shape index (κ2) is 39.8. The van der Waals surface area contributed by atoms with Gasteiger partial charge in [-0.05, 0) is 106 Å². The molecule has 2 aliphatic rings. The maximum Gasteiger partial charge on any atom is 0.321 e. The third-order valence-electron chi connectivity index (χ3n) is 15.8. The lowest BCUT2D eigenvalue weighted by molar-refractivity contribution is -0.149. The van der Waals surface area contributed by atoms with Crippen molar-refractivity contribution < 1.29 is 84.8 Å². The third kappa shape index (κ3) is 27.0. The highest BCUT2D eigenvalue weighted by molar-refractivity contribution is 7.92. The Bertz CT molecular complexity index is 3420. The zero-order valence-electron chi connectivity index (χ0n) is 54.8. The van der Waals surface area contributed by atoms with E-state index in [-0.39, 0.29) is 143 Å². The number of urea groups is 1. The molecule has 2 aromatic heterocycles. The highest BCUT2D eigenvalue weighted by Gasteiger charge is 2.31. The van der Waals surface area contributed by atoms with Gasteiger partial charge in [0.15, 0.2) is 27.2 Å². The van der Waals surface area contributed by atoms with Crippen molar-refractivity contribution in [3.8, 4) is 17.0 Å². The van der Waals surface area contributed by atoms with Crippen LogP contribution in [0.4, 0.5) is 16.3 Å². The van der Waals surface area contributed by atoms with Crippen molar-refractivity contribution >= 4 is 80.4 Å². The SMILES string of the molecule is CC(CCC(=O)OCc1ccc(CC(=O)[C@@H](CCCNC(N)=O)NC(=O)[C@H](CC(=O)OCCOCCCS(=O)(=O)CC(=O)OCCCCC(=O)CCCCCN2C(=O)C=CC2=O)C(C)C)cc1)Oc1ccc(-c2cnc(N)c(C(=O)Cc3cnccc3N3CCOCC3)n2)cc1. The summed E-state index contributed by atoms with van der Waals surface area (Å²) in [5.41, 5.74) is 15.6. The van der Waals surface area contributed by atoms with E-state index in [1.165, 1.54) is 18.3 Å². The van der Waals surface area contributed by atoms with Crippen LogP contribution in [-0.2, 0) is 91.3 Å². The number of ketones is 3. The Morgan fingerprint density at radius 2 is 1.42 bits per heavy atom. The summed E-state index contributed by atoms with van der Waals surface area (Å²) in [6.07, 6.45) is 11.0. The van der Waals surface area contributed by atoms with Crippen molar-refractivity contribution in [2.24, 2.45) is 17.6 Å². The first-order valence-corrected chi connectivity index (χ1v) is 34.3. The lowest BCUT2D eigenvalue weighted by Gasteiger charge is -2.30. The quantitative estimate of drug-likeness (QED) is 0.0139. The van der Waals surface area contributed by atoms with Crippen molar-refractivity contribution in [3.05, 3.63) is 108 Å². The number of sulfone groups is 1. The van der Waals surface area contributed by atoms with Gasteiger partial charge in [0, 0.05) is 106 Å². The van der Waals surface area contributed by atoms with Crippen LogP contribution in [-0.4, -0.2) is 177 Å². The third-order valence-corrected chi connectivity index (χ3v) is 17.4. The van der Waals surface area contributed by atoms with Crippen molar-refractivity contribution in [3.63, 3.8) is 0 Å². The van der Waals surface area contributed by atoms with Gasteiger partial charge in [0.1, 0.15) is 36.2 Å². The molecule has 1 fully saturated rings. The van der Waals surface area contributed by atoms with Crippen molar-refractivity contribution in [2.75, 3.05) is 88.0 Å². The molecule has 1 saturated heterocycles. The number of benzene rings is 2. The Hall–Kier alpha value is -9.02. The van der Waals surface area contributed by atoms with Crippen molar-refractivity contribution in [2.45, 2.75) is 136 Å². The number of hydrogen-bond acceptors (Lipinski definition) is 23. The lowest BCUT2D eigenvalue weighted by Crippen LogP contribution is -2.46. The largest absolute Gasteiger partial charge is 0.491 e. The molecule has 27 nitrogen and oxygen atoms in total. The van der Waals surface area contributed by atoms with Gasteiger partial charge >= 0.3 is 23.9 Å². The van der Waals surface area contributed by atoms with E-state index >= 15 is 0 Å². The standard InChI is InChI=1S/C68H89N9O18S/c1-46(2)54(41-63(84)93-37-36-90-32-10-38-96(88,89)45-64(85)92-33-8-6-12-52(78)11-5-4-7-29-77-60(81)23-24-61(77)82)67(86)75-55(13-9-27-72-68(70)87)58(79)39-48-15-17-49(18-16-48)44-94-62(83)25-14-47(3)95-53-21-19-50(20-22-53)56-43-73-66(69)65(74-56)59(80)40-51-42-71-28-26-57(51)76-30-34-91-35-31-76/h15-24,26,28,42-43,46-47,54-55H,4-14,25,27,29-41,44-45H2,1-3H3,(H2,69,73)(H,75,86)(H3,70,72,87)/t47?,54-,55-/m1/s1. The van der Waals surface area contributed by atoms with Gasteiger partial charge in [-0.3, -0.25) is 53.0 Å². The van der Waals surface area contributed by atoms with E-state index in [0.717, 1.165) is 16.2 Å². The van der Waals surface area contributed by atoms with Crippen LogP contribution in [0.1, 0.15) is 131 Å². The number of nitrogens with zero attached hydrogens (tertiary/aromatic N) is 5. The number of amides is 5. The number of nitrogens with two attached hydrogens (primary N) is 2. The number of primary amides is 1. The van der Waals surface area contributed by atoms with E-state index < -0.39 is 57.4 Å². The van der Waals surface area contributed by atoms with Gasteiger partial charge in [-0.1, -0.05) is 44.5 Å². The molecule has 0 spiro atoms. The number of morpholine rings is 1. The summed E-state index contributed by atoms with van der Waals surface area (Å²) in [5.74, 6) is -5.67. The number of pyridine rings is 1. The average molecular weight is 1350 g/mol. The summed E-state index contributed by atoms with van der Waals surface area (Å²) in [7, 11) is -3.81. The van der Waals surface area contributed by atoms with Gasteiger partial charge in [-0.2, -0.15) is 0 Å². The summed E-state index contributed by atoms with van der Waals surface area (Å²) in [6, 6.07) is 14.1. The summed E-state index contributed by atoms with van der Waals surface area (Å²) in [6.45, 7) is 8.05. The average Bonchev–Trinajstić information content (AvgIpc) is 1.02. The van der Waals surface area contributed by atoms with Gasteiger partial charge in [0.2, 0.25) is 5.91 Å². The van der Waals surface area contributed by atoms with E-state index in [1.807, 2.05) is 13.0 Å². The predicted octanol–water partition coefficient (Wildman–Crippen LogP) is 5.51. The van der Waals surface area contributed by atoms with E-state index in [0.29, 0.717) is 112 Å². The number of rotatable bonds is 44. The molecule has 0 radical (unpaired) electrons. The van der Waals surface area contributed by atoms with Crippen molar-refractivity contribution in [1.82, 2.24) is 30.5 Å². The Morgan fingerprint density at radius 3 is 2.12 bits per heavy atom. The van der Waals surface area contributed by atoms with Crippen LogP contribution in [0.15, 0.2) is 85.3 Å². The summed E-state index contributed by atoms with van der Waals surface area (Å²) < 4.78 is 58.0. The Kier molecular flexibility index (Phi) is 31.5. The fourth-order valence-corrected chi connectivity index (χ4v) is 11.6. The Balaban J connectivity index is 0.844. The molecule has 3 atom stereocenters. The fourth-order valence-electron chi connectivity index (χ4n) is 10.4. The molecule has 4 aromatic rings. The minimum Gasteiger partial charge on any atom is -0.491 e. The molecular formula is C68H89N9O18S. The first kappa shape index (κ1) is 76.0. The molecule has 6 rings (SSSR count). The predicted molar refractivity (Wildman–Crippen MR) is 352 cm³/mol. The van der Waals surface area contributed by atoms with Crippen LogP contribution in [0.5, 0.6) is 5.75 Å². The number of esters is 3. The summed E-state index contributed by atoms with van der Waals surface area (Å²) in [4.78, 5) is 142. The molecule has 2 aromatic carbocycles. The minimum atomic E-state index is -3.81. The number of anilines is 2. The smallest absolute Gasteiger partial charge is 0.321 e. The van der Waals surface area contributed by atoms with Gasteiger partial charge in [-0.15, -0.1) is 0 Å². The second-order valence-electron chi connectivity index (χ2n) is 23.8. The molecule has 96 heavy (non-hydrogen) atoms. The van der Waals surface area contributed by atoms with E-state index in [9.17, 15) is 56.4 Å². The number of carbonyl (C=O) groups is 10. The maximum absolute atomic E-state index is 13.8. The molecule has 28 heteroatoms. The molecular weight excluding hydrogens is 1260 g/mol. The van der Waals surface area contributed by atoms with Gasteiger partial charge in [0.05, 0.1) is 68.6 Å². The van der Waals surface area contributed by atoms with Gasteiger partial charge < -0.3 is 55.4 Å². The normalized spacial score (nSPS) is 14.0. The van der Waals surface area contributed by atoms with Gasteiger partial charge in [0.25, 0.3) is 11.8 Å². The number of unbranched alkanes of at least 4 members (excludes halogenated alkanes) is 3. The number of nitrogen functional groups attached to an aromatic ring is 1. The molecule has 0 bridgehead atoms. The zero-order valence-corrected chi connectivity index (χ0v) is 55.7. The zero-order chi connectivity index (χ0) is 69.4.